The van der Waals surface area contributed by atoms with Crippen molar-refractivity contribution in [1.29, 1.82) is 0 Å². The predicted molar refractivity (Wildman–Crippen MR) is 114 cm³/mol. The van der Waals surface area contributed by atoms with Crippen LogP contribution in [-0.2, 0) is 10.2 Å². The van der Waals surface area contributed by atoms with E-state index in [4.69, 9.17) is 9.84 Å². The van der Waals surface area contributed by atoms with E-state index in [-0.39, 0.29) is 30.1 Å². The van der Waals surface area contributed by atoms with Crippen molar-refractivity contribution in [2.45, 2.75) is 24.7 Å². The first kappa shape index (κ1) is 21.3. The molecule has 0 atom stereocenters. The SMILES string of the molecule is Cl.O=C(O)CCN1CCC2(CC1)COc1cc(/C=C/c3ccc(F)cc3)ccc12. The van der Waals surface area contributed by atoms with Crippen LogP contribution in [0.2, 0.25) is 0 Å². The number of nitrogens with zero attached hydrogens (tertiary/aromatic N) is 1. The first-order valence-electron chi connectivity index (χ1n) is 9.69. The molecule has 4 nitrogen and oxygen atoms in total. The lowest BCUT2D eigenvalue weighted by molar-refractivity contribution is -0.137. The van der Waals surface area contributed by atoms with Gasteiger partial charge in [0.15, 0.2) is 0 Å². The zero-order valence-corrected chi connectivity index (χ0v) is 17.0. The van der Waals surface area contributed by atoms with Crippen molar-refractivity contribution in [1.82, 2.24) is 4.90 Å². The standard InChI is InChI=1S/C23H24FNO3.ClH/c24-19-6-3-17(4-7-19)1-2-18-5-8-20-21(15-18)28-16-23(20)10-13-25(14-11-23)12-9-22(26)27;/h1-8,15H,9-14,16H2,(H,26,27);1H/b2-1+;. The molecule has 2 heterocycles. The summed E-state index contributed by atoms with van der Waals surface area (Å²) in [7, 11) is 0. The Morgan fingerprint density at radius 3 is 2.45 bits per heavy atom. The molecule has 2 aliphatic rings. The van der Waals surface area contributed by atoms with Gasteiger partial charge in [-0.15, -0.1) is 12.4 Å². The Kier molecular flexibility index (Phi) is 6.60. The zero-order valence-electron chi connectivity index (χ0n) is 16.1. The van der Waals surface area contributed by atoms with E-state index in [0.29, 0.717) is 13.2 Å². The average molecular weight is 418 g/mol. The van der Waals surface area contributed by atoms with Crippen LogP contribution in [0, 0.1) is 5.82 Å². The van der Waals surface area contributed by atoms with Crippen LogP contribution in [0.3, 0.4) is 0 Å². The van der Waals surface area contributed by atoms with Gasteiger partial charge in [-0.05, 0) is 55.3 Å². The van der Waals surface area contributed by atoms with Gasteiger partial charge >= 0.3 is 5.97 Å². The highest BCUT2D eigenvalue weighted by molar-refractivity contribution is 5.85. The van der Waals surface area contributed by atoms with Gasteiger partial charge in [-0.2, -0.15) is 0 Å². The van der Waals surface area contributed by atoms with Crippen molar-refractivity contribution < 1.29 is 19.0 Å². The molecule has 0 aliphatic carbocycles. The van der Waals surface area contributed by atoms with E-state index in [9.17, 15) is 9.18 Å². The number of benzene rings is 2. The number of piperidine rings is 1. The summed E-state index contributed by atoms with van der Waals surface area (Å²) < 4.78 is 19.0. The number of aliphatic carboxylic acids is 1. The topological polar surface area (TPSA) is 49.8 Å². The monoisotopic (exact) mass is 417 g/mol. The highest BCUT2D eigenvalue weighted by atomic mass is 35.5. The number of halogens is 2. The summed E-state index contributed by atoms with van der Waals surface area (Å²) in [5, 5.41) is 8.87. The van der Waals surface area contributed by atoms with Crippen molar-refractivity contribution in [3.8, 4) is 5.75 Å². The first-order valence-corrected chi connectivity index (χ1v) is 9.69. The summed E-state index contributed by atoms with van der Waals surface area (Å²) in [6.45, 7) is 3.12. The molecule has 0 unspecified atom stereocenters. The van der Waals surface area contributed by atoms with Crippen molar-refractivity contribution >= 4 is 30.5 Å². The van der Waals surface area contributed by atoms with Gasteiger partial charge < -0.3 is 14.7 Å². The van der Waals surface area contributed by atoms with E-state index in [1.165, 1.54) is 17.7 Å². The fraction of sp³-hybridized carbons (Fsp3) is 0.348. The molecule has 2 aromatic rings. The molecule has 1 spiro atoms. The van der Waals surface area contributed by atoms with Crippen molar-refractivity contribution in [3.63, 3.8) is 0 Å². The molecule has 154 valence electrons. The second-order valence-corrected chi connectivity index (χ2v) is 7.69. The van der Waals surface area contributed by atoms with E-state index in [0.717, 1.165) is 42.8 Å². The molecule has 0 bridgehead atoms. The quantitative estimate of drug-likeness (QED) is 0.721. The maximum Gasteiger partial charge on any atom is 0.304 e. The number of carbonyl (C=O) groups is 1. The molecule has 1 saturated heterocycles. The van der Waals surface area contributed by atoms with Crippen LogP contribution in [0.25, 0.3) is 12.2 Å². The summed E-state index contributed by atoms with van der Waals surface area (Å²) in [5.74, 6) is -0.0290. The third-order valence-electron chi connectivity index (χ3n) is 5.87. The van der Waals surface area contributed by atoms with Gasteiger partial charge in [0, 0.05) is 17.5 Å². The molecule has 0 aromatic heterocycles. The van der Waals surface area contributed by atoms with Crippen LogP contribution in [0.4, 0.5) is 4.39 Å². The van der Waals surface area contributed by atoms with Crippen LogP contribution in [0.15, 0.2) is 42.5 Å². The fourth-order valence-electron chi connectivity index (χ4n) is 4.13. The number of hydrogen-bond acceptors (Lipinski definition) is 3. The third kappa shape index (κ3) is 4.80. The third-order valence-corrected chi connectivity index (χ3v) is 5.87. The maximum absolute atomic E-state index is 13.0. The van der Waals surface area contributed by atoms with Gasteiger partial charge in [-0.25, -0.2) is 4.39 Å². The summed E-state index contributed by atoms with van der Waals surface area (Å²) >= 11 is 0. The summed E-state index contributed by atoms with van der Waals surface area (Å²) in [5.41, 5.74) is 3.32. The Bertz CT molecular complexity index is 889. The molecule has 2 aliphatic heterocycles. The molecule has 0 amide bonds. The van der Waals surface area contributed by atoms with Gasteiger partial charge in [0.25, 0.3) is 0 Å². The van der Waals surface area contributed by atoms with Crippen molar-refractivity contribution in [2.75, 3.05) is 26.2 Å². The number of fused-ring (bicyclic) bond motifs is 2. The number of likely N-dealkylation sites (tertiary alicyclic amines) is 1. The number of carboxylic acid groups (broad SMARTS) is 1. The van der Waals surface area contributed by atoms with Crippen LogP contribution in [0.5, 0.6) is 5.75 Å². The summed E-state index contributed by atoms with van der Waals surface area (Å²) in [6, 6.07) is 12.8. The van der Waals surface area contributed by atoms with Gasteiger partial charge in [-0.1, -0.05) is 36.4 Å². The zero-order chi connectivity index (χ0) is 19.6. The Morgan fingerprint density at radius 1 is 1.10 bits per heavy atom. The second kappa shape index (κ2) is 8.97. The highest BCUT2D eigenvalue weighted by Crippen LogP contribution is 2.45. The average Bonchev–Trinajstić information content (AvgIpc) is 3.05. The molecule has 6 heteroatoms. The van der Waals surface area contributed by atoms with Gasteiger partial charge in [0.2, 0.25) is 0 Å². The lowest BCUT2D eigenvalue weighted by atomic mass is 9.74. The Morgan fingerprint density at radius 2 is 1.76 bits per heavy atom. The smallest absolute Gasteiger partial charge is 0.304 e. The van der Waals surface area contributed by atoms with Crippen LogP contribution in [0.1, 0.15) is 36.0 Å². The van der Waals surface area contributed by atoms with Crippen LogP contribution in [-0.4, -0.2) is 42.2 Å². The van der Waals surface area contributed by atoms with Crippen LogP contribution >= 0.6 is 12.4 Å². The summed E-state index contributed by atoms with van der Waals surface area (Å²) in [4.78, 5) is 13.0. The number of ether oxygens (including phenoxy) is 1. The summed E-state index contributed by atoms with van der Waals surface area (Å²) in [6.07, 6.45) is 6.15. The fourth-order valence-corrected chi connectivity index (χ4v) is 4.13. The predicted octanol–water partition coefficient (Wildman–Crippen LogP) is 4.62. The van der Waals surface area contributed by atoms with Crippen molar-refractivity contribution in [2.24, 2.45) is 0 Å². The highest BCUT2D eigenvalue weighted by Gasteiger charge is 2.42. The van der Waals surface area contributed by atoms with Gasteiger partial charge in [-0.3, -0.25) is 4.79 Å². The molecule has 0 radical (unpaired) electrons. The van der Waals surface area contributed by atoms with Crippen molar-refractivity contribution in [3.05, 3.63) is 65.0 Å². The van der Waals surface area contributed by atoms with Gasteiger partial charge in [0.1, 0.15) is 11.6 Å². The minimum atomic E-state index is -0.740. The molecule has 2 aromatic carbocycles. The minimum Gasteiger partial charge on any atom is -0.492 e. The molecule has 29 heavy (non-hydrogen) atoms. The van der Waals surface area contributed by atoms with E-state index in [2.05, 4.69) is 23.1 Å². The Balaban J connectivity index is 0.00000240. The second-order valence-electron chi connectivity index (χ2n) is 7.69. The number of carboxylic acids is 1. The van der Waals surface area contributed by atoms with E-state index < -0.39 is 5.97 Å². The molecular weight excluding hydrogens is 393 g/mol. The normalized spacial score (nSPS) is 17.7. The lowest BCUT2D eigenvalue weighted by Gasteiger charge is -2.38. The molecule has 1 N–H and O–H groups in total. The Labute approximate surface area is 176 Å². The number of rotatable bonds is 5. The van der Waals surface area contributed by atoms with E-state index in [1.54, 1.807) is 12.1 Å². The molecule has 0 saturated carbocycles. The largest absolute Gasteiger partial charge is 0.492 e. The van der Waals surface area contributed by atoms with Crippen LogP contribution < -0.4 is 4.74 Å². The minimum absolute atomic E-state index is 0. The number of hydrogen-bond donors (Lipinski definition) is 1. The molecule has 1 fully saturated rings. The van der Waals surface area contributed by atoms with Gasteiger partial charge in [0.05, 0.1) is 13.0 Å². The lowest BCUT2D eigenvalue weighted by Crippen LogP contribution is -2.44. The molecular formula is C23H25ClFNO3. The maximum atomic E-state index is 13.0. The van der Waals surface area contributed by atoms with E-state index >= 15 is 0 Å². The first-order chi connectivity index (χ1) is 13.5. The molecule has 4 rings (SSSR count). The Hall–Kier alpha value is -2.37. The van der Waals surface area contributed by atoms with E-state index in [1.807, 2.05) is 12.2 Å².